The lowest BCUT2D eigenvalue weighted by atomic mass is 10.1. The minimum Gasteiger partial charge on any atom is -0.343 e. The molecule has 5 heteroatoms. The normalized spacial score (nSPS) is 32.8. The summed E-state index contributed by atoms with van der Waals surface area (Å²) in [5.41, 5.74) is 0. The molecular weight excluding hydrogens is 242 g/mol. The van der Waals surface area contributed by atoms with Crippen LogP contribution in [0.1, 0.15) is 39.0 Å². The maximum atomic E-state index is 12.4. The highest BCUT2D eigenvalue weighted by molar-refractivity contribution is 5.95. The Morgan fingerprint density at radius 3 is 2.68 bits per heavy atom. The molecule has 0 spiro atoms. The van der Waals surface area contributed by atoms with Gasteiger partial charge in [-0.15, -0.1) is 0 Å². The Balaban J connectivity index is 1.65. The average molecular weight is 265 g/mol. The van der Waals surface area contributed by atoms with E-state index in [0.29, 0.717) is 0 Å². The number of piperazine rings is 1. The molecule has 0 aromatic rings. The van der Waals surface area contributed by atoms with Crippen molar-refractivity contribution in [2.75, 3.05) is 19.6 Å². The van der Waals surface area contributed by atoms with Crippen molar-refractivity contribution in [2.45, 2.75) is 57.2 Å². The standard InChI is InChI=1S/C14H23N3O2/c1-2-3-12-14(19)17(9-13(18)15-12)11-6-7-16(8-11)10-4-5-10/h10-12H,2-9H2,1H3,(H,15,18). The van der Waals surface area contributed by atoms with Gasteiger partial charge in [-0.3, -0.25) is 14.5 Å². The Labute approximate surface area is 114 Å². The molecule has 2 saturated heterocycles. The zero-order chi connectivity index (χ0) is 13.4. The van der Waals surface area contributed by atoms with Crippen LogP contribution in [0.3, 0.4) is 0 Å². The van der Waals surface area contributed by atoms with Crippen LogP contribution in [0.25, 0.3) is 0 Å². The number of amides is 2. The molecule has 2 heterocycles. The van der Waals surface area contributed by atoms with E-state index in [1.54, 1.807) is 0 Å². The largest absolute Gasteiger partial charge is 0.343 e. The van der Waals surface area contributed by atoms with Crippen LogP contribution in [0.2, 0.25) is 0 Å². The molecule has 0 aromatic heterocycles. The fraction of sp³-hybridized carbons (Fsp3) is 0.857. The van der Waals surface area contributed by atoms with Crippen LogP contribution in [0.15, 0.2) is 0 Å². The summed E-state index contributed by atoms with van der Waals surface area (Å²) < 4.78 is 0. The average Bonchev–Trinajstić information content (AvgIpc) is 3.12. The van der Waals surface area contributed by atoms with Crippen LogP contribution in [0.4, 0.5) is 0 Å². The molecular formula is C14H23N3O2. The van der Waals surface area contributed by atoms with Gasteiger partial charge < -0.3 is 10.2 Å². The first kappa shape index (κ1) is 12.9. The van der Waals surface area contributed by atoms with Crippen molar-refractivity contribution in [3.05, 3.63) is 0 Å². The van der Waals surface area contributed by atoms with Crippen molar-refractivity contribution in [2.24, 2.45) is 0 Å². The molecule has 0 radical (unpaired) electrons. The van der Waals surface area contributed by atoms with Crippen LogP contribution in [-0.4, -0.2) is 59.4 Å². The maximum absolute atomic E-state index is 12.4. The van der Waals surface area contributed by atoms with Crippen molar-refractivity contribution in [1.82, 2.24) is 15.1 Å². The third-order valence-corrected chi connectivity index (χ3v) is 4.51. The summed E-state index contributed by atoms with van der Waals surface area (Å²) in [5.74, 6) is 0.131. The van der Waals surface area contributed by atoms with Crippen molar-refractivity contribution >= 4 is 11.8 Å². The molecule has 1 aliphatic carbocycles. The SMILES string of the molecule is CCCC1NC(=O)CN(C2CCN(C3CC3)C2)C1=O. The van der Waals surface area contributed by atoms with Crippen molar-refractivity contribution in [3.8, 4) is 0 Å². The third-order valence-electron chi connectivity index (χ3n) is 4.51. The van der Waals surface area contributed by atoms with Crippen LogP contribution in [0, 0.1) is 0 Å². The first-order valence-electron chi connectivity index (χ1n) is 7.53. The van der Waals surface area contributed by atoms with E-state index < -0.39 is 0 Å². The monoisotopic (exact) mass is 265 g/mol. The molecule has 3 aliphatic rings. The summed E-state index contributed by atoms with van der Waals surface area (Å²) in [6.45, 7) is 4.34. The van der Waals surface area contributed by atoms with E-state index in [9.17, 15) is 9.59 Å². The van der Waals surface area contributed by atoms with Gasteiger partial charge in [-0.1, -0.05) is 13.3 Å². The Morgan fingerprint density at radius 1 is 1.21 bits per heavy atom. The van der Waals surface area contributed by atoms with E-state index in [1.165, 1.54) is 12.8 Å². The van der Waals surface area contributed by atoms with Gasteiger partial charge in [0.15, 0.2) is 0 Å². The molecule has 2 aliphatic heterocycles. The molecule has 1 N–H and O–H groups in total. The molecule has 2 unspecified atom stereocenters. The number of nitrogens with one attached hydrogen (secondary N) is 1. The van der Waals surface area contributed by atoms with Crippen molar-refractivity contribution in [3.63, 3.8) is 0 Å². The van der Waals surface area contributed by atoms with Gasteiger partial charge in [0.05, 0.1) is 6.54 Å². The second-order valence-corrected chi connectivity index (χ2v) is 6.04. The van der Waals surface area contributed by atoms with E-state index in [0.717, 1.165) is 38.4 Å². The molecule has 0 aromatic carbocycles. The summed E-state index contributed by atoms with van der Waals surface area (Å²) in [6.07, 6.45) is 5.30. The highest BCUT2D eigenvalue weighted by Crippen LogP contribution is 2.31. The molecule has 5 nitrogen and oxygen atoms in total. The highest BCUT2D eigenvalue weighted by Gasteiger charge is 2.41. The summed E-state index contributed by atoms with van der Waals surface area (Å²) in [6, 6.07) is 0.713. The number of carbonyl (C=O) groups excluding carboxylic acids is 2. The Kier molecular flexibility index (Phi) is 3.48. The van der Waals surface area contributed by atoms with Gasteiger partial charge >= 0.3 is 0 Å². The van der Waals surface area contributed by atoms with E-state index in [4.69, 9.17) is 0 Å². The number of hydrogen-bond donors (Lipinski definition) is 1. The summed E-state index contributed by atoms with van der Waals surface area (Å²) in [7, 11) is 0. The van der Waals surface area contributed by atoms with E-state index in [-0.39, 0.29) is 30.4 Å². The van der Waals surface area contributed by atoms with Gasteiger partial charge in [0.25, 0.3) is 0 Å². The van der Waals surface area contributed by atoms with Crippen LogP contribution < -0.4 is 5.32 Å². The van der Waals surface area contributed by atoms with Gasteiger partial charge in [-0.2, -0.15) is 0 Å². The van der Waals surface area contributed by atoms with Crippen LogP contribution >= 0.6 is 0 Å². The molecule has 3 rings (SSSR count). The van der Waals surface area contributed by atoms with Gasteiger partial charge in [0.1, 0.15) is 6.04 Å². The van der Waals surface area contributed by atoms with Gasteiger partial charge in [-0.05, 0) is 25.7 Å². The lowest BCUT2D eigenvalue weighted by molar-refractivity contribution is -0.146. The van der Waals surface area contributed by atoms with Gasteiger partial charge in [-0.25, -0.2) is 0 Å². The molecule has 19 heavy (non-hydrogen) atoms. The quantitative estimate of drug-likeness (QED) is 0.798. The second-order valence-electron chi connectivity index (χ2n) is 6.04. The number of likely N-dealkylation sites (tertiary alicyclic amines) is 1. The van der Waals surface area contributed by atoms with E-state index in [1.807, 2.05) is 11.8 Å². The molecule has 1 saturated carbocycles. The summed E-state index contributed by atoms with van der Waals surface area (Å²) >= 11 is 0. The van der Waals surface area contributed by atoms with Crippen molar-refractivity contribution < 1.29 is 9.59 Å². The first-order valence-corrected chi connectivity index (χ1v) is 7.53. The second kappa shape index (κ2) is 5.12. The Morgan fingerprint density at radius 2 is 2.00 bits per heavy atom. The molecule has 0 bridgehead atoms. The predicted molar refractivity (Wildman–Crippen MR) is 71.6 cm³/mol. The Hall–Kier alpha value is -1.10. The zero-order valence-corrected chi connectivity index (χ0v) is 11.6. The van der Waals surface area contributed by atoms with E-state index in [2.05, 4.69) is 10.2 Å². The van der Waals surface area contributed by atoms with Gasteiger partial charge in [0, 0.05) is 25.2 Å². The number of rotatable bonds is 4. The topological polar surface area (TPSA) is 52.7 Å². The number of hydrogen-bond acceptors (Lipinski definition) is 3. The predicted octanol–water partition coefficient (Wildman–Crippen LogP) is 0.350. The third kappa shape index (κ3) is 2.61. The summed E-state index contributed by atoms with van der Waals surface area (Å²) in [4.78, 5) is 28.5. The lowest BCUT2D eigenvalue weighted by Gasteiger charge is -2.36. The van der Waals surface area contributed by atoms with Crippen LogP contribution in [0.5, 0.6) is 0 Å². The van der Waals surface area contributed by atoms with Gasteiger partial charge in [0.2, 0.25) is 11.8 Å². The molecule has 2 amide bonds. The minimum atomic E-state index is -0.291. The highest BCUT2D eigenvalue weighted by atomic mass is 16.2. The number of carbonyl (C=O) groups is 2. The molecule has 3 fully saturated rings. The maximum Gasteiger partial charge on any atom is 0.245 e. The first-order chi connectivity index (χ1) is 9.19. The zero-order valence-electron chi connectivity index (χ0n) is 11.6. The smallest absolute Gasteiger partial charge is 0.245 e. The fourth-order valence-corrected chi connectivity index (χ4v) is 3.32. The lowest BCUT2D eigenvalue weighted by Crippen LogP contribution is -2.61. The number of nitrogens with zero attached hydrogens (tertiary/aromatic N) is 2. The van der Waals surface area contributed by atoms with Crippen molar-refractivity contribution in [1.29, 1.82) is 0 Å². The summed E-state index contributed by atoms with van der Waals surface area (Å²) in [5, 5.41) is 2.82. The van der Waals surface area contributed by atoms with E-state index >= 15 is 0 Å². The Bertz CT molecular complexity index is 381. The van der Waals surface area contributed by atoms with Crippen LogP contribution in [-0.2, 0) is 9.59 Å². The fourth-order valence-electron chi connectivity index (χ4n) is 3.32. The minimum absolute atomic E-state index is 0.00271. The molecule has 2 atom stereocenters. The molecule has 106 valence electrons.